The molecular weight excluding hydrogens is 314 g/mol. The molecular formula is C17H20ClN3O2. The molecule has 23 heavy (non-hydrogen) atoms. The van der Waals surface area contributed by atoms with Gasteiger partial charge in [-0.1, -0.05) is 12.1 Å². The van der Waals surface area contributed by atoms with Gasteiger partial charge in [-0.25, -0.2) is 0 Å². The number of benzene rings is 1. The number of amides is 1. The number of pyridine rings is 1. The van der Waals surface area contributed by atoms with Gasteiger partial charge in [0.05, 0.1) is 18.4 Å². The predicted octanol–water partition coefficient (Wildman–Crippen LogP) is 2.47. The van der Waals surface area contributed by atoms with Crippen LogP contribution in [0.15, 0.2) is 48.8 Å². The molecule has 0 N–H and O–H groups in total. The molecule has 122 valence electrons. The van der Waals surface area contributed by atoms with Gasteiger partial charge in [0.2, 0.25) is 0 Å². The summed E-state index contributed by atoms with van der Waals surface area (Å²) < 4.78 is 5.41. The molecule has 1 aromatic carbocycles. The Balaban J connectivity index is 0.00000192. The summed E-state index contributed by atoms with van der Waals surface area (Å²) in [4.78, 5) is 20.6. The zero-order valence-electron chi connectivity index (χ0n) is 13.0. The number of rotatable bonds is 3. The van der Waals surface area contributed by atoms with Crippen molar-refractivity contribution in [3.63, 3.8) is 0 Å². The van der Waals surface area contributed by atoms with Crippen LogP contribution in [0, 0.1) is 0 Å². The van der Waals surface area contributed by atoms with Gasteiger partial charge in [-0.15, -0.1) is 12.4 Å². The number of carbonyl (C=O) groups excluding carboxylic acids is 1. The Bertz CT molecular complexity index is 643. The molecule has 3 rings (SSSR count). The molecule has 2 aromatic rings. The summed E-state index contributed by atoms with van der Waals surface area (Å²) in [5.74, 6) is 0.919. The molecule has 1 fully saturated rings. The van der Waals surface area contributed by atoms with Crippen molar-refractivity contribution >= 4 is 24.0 Å². The maximum atomic E-state index is 12.4. The molecule has 0 unspecified atom stereocenters. The van der Waals surface area contributed by atoms with E-state index in [1.807, 2.05) is 29.2 Å². The first kappa shape index (κ1) is 17.1. The van der Waals surface area contributed by atoms with Crippen LogP contribution in [-0.2, 0) is 0 Å². The van der Waals surface area contributed by atoms with Crippen molar-refractivity contribution in [2.24, 2.45) is 0 Å². The van der Waals surface area contributed by atoms with Gasteiger partial charge in [0.1, 0.15) is 5.75 Å². The van der Waals surface area contributed by atoms with E-state index in [1.165, 1.54) is 0 Å². The summed E-state index contributed by atoms with van der Waals surface area (Å²) in [6.07, 6.45) is 3.30. The van der Waals surface area contributed by atoms with Crippen LogP contribution in [-0.4, -0.2) is 49.1 Å². The first-order chi connectivity index (χ1) is 10.8. The number of nitrogens with zero attached hydrogens (tertiary/aromatic N) is 3. The molecule has 0 atom stereocenters. The second kappa shape index (κ2) is 7.83. The maximum absolute atomic E-state index is 12.4. The Hall–Kier alpha value is -2.27. The van der Waals surface area contributed by atoms with Gasteiger partial charge in [0, 0.05) is 38.6 Å². The second-order valence-corrected chi connectivity index (χ2v) is 5.19. The Morgan fingerprint density at radius 1 is 1.09 bits per heavy atom. The third kappa shape index (κ3) is 3.74. The zero-order valence-corrected chi connectivity index (χ0v) is 13.8. The summed E-state index contributed by atoms with van der Waals surface area (Å²) in [7, 11) is 1.68. The fourth-order valence-corrected chi connectivity index (χ4v) is 2.71. The summed E-state index contributed by atoms with van der Waals surface area (Å²) in [5.41, 5.74) is 1.73. The molecule has 0 spiro atoms. The molecule has 1 amide bonds. The molecule has 0 bridgehead atoms. The number of para-hydroxylation sites is 2. The van der Waals surface area contributed by atoms with Crippen LogP contribution < -0.4 is 9.64 Å². The highest BCUT2D eigenvalue weighted by Gasteiger charge is 2.23. The highest BCUT2D eigenvalue weighted by molar-refractivity contribution is 5.94. The van der Waals surface area contributed by atoms with Gasteiger partial charge in [-0.2, -0.15) is 0 Å². The highest BCUT2D eigenvalue weighted by Crippen LogP contribution is 2.28. The molecule has 1 aliphatic heterocycles. The van der Waals surface area contributed by atoms with Crippen molar-refractivity contribution in [3.05, 3.63) is 54.4 Å². The molecule has 5 nitrogen and oxygen atoms in total. The fourth-order valence-electron chi connectivity index (χ4n) is 2.71. The first-order valence-corrected chi connectivity index (χ1v) is 7.37. The van der Waals surface area contributed by atoms with E-state index in [0.29, 0.717) is 18.7 Å². The second-order valence-electron chi connectivity index (χ2n) is 5.19. The summed E-state index contributed by atoms with van der Waals surface area (Å²) in [5, 5.41) is 0. The van der Waals surface area contributed by atoms with Crippen molar-refractivity contribution in [1.82, 2.24) is 9.88 Å². The zero-order chi connectivity index (χ0) is 15.4. The average molecular weight is 334 g/mol. The minimum absolute atomic E-state index is 0. The monoisotopic (exact) mass is 333 g/mol. The Labute approximate surface area is 142 Å². The molecule has 0 radical (unpaired) electrons. The lowest BCUT2D eigenvalue weighted by molar-refractivity contribution is 0.0746. The molecule has 6 heteroatoms. The maximum Gasteiger partial charge on any atom is 0.255 e. The Morgan fingerprint density at radius 3 is 2.48 bits per heavy atom. The molecule has 0 aliphatic carbocycles. The van der Waals surface area contributed by atoms with E-state index in [0.717, 1.165) is 24.5 Å². The van der Waals surface area contributed by atoms with Gasteiger partial charge in [0.15, 0.2) is 0 Å². The topological polar surface area (TPSA) is 45.7 Å². The number of methoxy groups -OCH3 is 1. The number of aromatic nitrogens is 1. The van der Waals surface area contributed by atoms with Gasteiger partial charge >= 0.3 is 0 Å². The van der Waals surface area contributed by atoms with Gasteiger partial charge < -0.3 is 14.5 Å². The summed E-state index contributed by atoms with van der Waals surface area (Å²) in [6.45, 7) is 3.00. The third-order valence-corrected chi connectivity index (χ3v) is 3.90. The van der Waals surface area contributed by atoms with Crippen molar-refractivity contribution in [3.8, 4) is 5.75 Å². The Morgan fingerprint density at radius 2 is 1.83 bits per heavy atom. The quantitative estimate of drug-likeness (QED) is 0.865. The number of carbonyl (C=O) groups is 1. The van der Waals surface area contributed by atoms with E-state index in [2.05, 4.69) is 16.0 Å². The lowest BCUT2D eigenvalue weighted by Gasteiger charge is -2.36. The molecule has 2 heterocycles. The number of piperazine rings is 1. The van der Waals surface area contributed by atoms with E-state index in [9.17, 15) is 4.79 Å². The van der Waals surface area contributed by atoms with Crippen LogP contribution in [0.4, 0.5) is 5.69 Å². The van der Waals surface area contributed by atoms with Gasteiger partial charge in [-0.05, 0) is 24.3 Å². The first-order valence-electron chi connectivity index (χ1n) is 7.37. The van der Waals surface area contributed by atoms with Crippen LogP contribution >= 0.6 is 12.4 Å². The van der Waals surface area contributed by atoms with E-state index in [1.54, 1.807) is 25.6 Å². The number of hydrogen-bond donors (Lipinski definition) is 0. The van der Waals surface area contributed by atoms with Gasteiger partial charge in [-0.3, -0.25) is 9.78 Å². The molecule has 1 aliphatic rings. The van der Waals surface area contributed by atoms with Gasteiger partial charge in [0.25, 0.3) is 5.91 Å². The predicted molar refractivity (Wildman–Crippen MR) is 92.6 cm³/mol. The minimum Gasteiger partial charge on any atom is -0.495 e. The SMILES string of the molecule is COc1ccccc1N1CCN(C(=O)c2cccnc2)CC1.Cl. The van der Waals surface area contributed by atoms with E-state index >= 15 is 0 Å². The van der Waals surface area contributed by atoms with Crippen LogP contribution in [0.3, 0.4) is 0 Å². The van der Waals surface area contributed by atoms with E-state index in [4.69, 9.17) is 4.74 Å². The third-order valence-electron chi connectivity index (χ3n) is 3.90. The van der Waals surface area contributed by atoms with Crippen molar-refractivity contribution in [2.75, 3.05) is 38.2 Å². The normalized spacial score (nSPS) is 14.1. The smallest absolute Gasteiger partial charge is 0.255 e. The molecule has 1 aromatic heterocycles. The van der Waals surface area contributed by atoms with E-state index in [-0.39, 0.29) is 18.3 Å². The number of anilines is 1. The largest absolute Gasteiger partial charge is 0.495 e. The summed E-state index contributed by atoms with van der Waals surface area (Å²) in [6, 6.07) is 11.6. The molecule has 1 saturated heterocycles. The Kier molecular flexibility index (Phi) is 5.82. The van der Waals surface area contributed by atoms with Crippen LogP contribution in [0.5, 0.6) is 5.75 Å². The summed E-state index contributed by atoms with van der Waals surface area (Å²) >= 11 is 0. The minimum atomic E-state index is 0. The number of ether oxygens (including phenoxy) is 1. The fraction of sp³-hybridized carbons (Fsp3) is 0.294. The lowest BCUT2D eigenvalue weighted by Crippen LogP contribution is -2.48. The standard InChI is InChI=1S/C17H19N3O2.ClH/c1-22-16-7-3-2-6-15(16)19-9-11-20(12-10-19)17(21)14-5-4-8-18-13-14;/h2-8,13H,9-12H2,1H3;1H. The highest BCUT2D eigenvalue weighted by atomic mass is 35.5. The lowest BCUT2D eigenvalue weighted by atomic mass is 10.2. The average Bonchev–Trinajstić information content (AvgIpc) is 2.62. The van der Waals surface area contributed by atoms with Crippen LogP contribution in [0.1, 0.15) is 10.4 Å². The van der Waals surface area contributed by atoms with E-state index < -0.39 is 0 Å². The van der Waals surface area contributed by atoms with Crippen LogP contribution in [0.25, 0.3) is 0 Å². The number of hydrogen-bond acceptors (Lipinski definition) is 4. The molecule has 0 saturated carbocycles. The van der Waals surface area contributed by atoms with Crippen molar-refractivity contribution < 1.29 is 9.53 Å². The number of halogens is 1. The van der Waals surface area contributed by atoms with Crippen molar-refractivity contribution in [1.29, 1.82) is 0 Å². The van der Waals surface area contributed by atoms with Crippen LogP contribution in [0.2, 0.25) is 0 Å². The van der Waals surface area contributed by atoms with Crippen molar-refractivity contribution in [2.45, 2.75) is 0 Å².